The number of piperidine rings is 1. The van der Waals surface area contributed by atoms with Crippen LogP contribution in [0.4, 0.5) is 0 Å². The van der Waals surface area contributed by atoms with Crippen LogP contribution in [0.15, 0.2) is 17.2 Å². The predicted octanol–water partition coefficient (Wildman–Crippen LogP) is 1.80. The van der Waals surface area contributed by atoms with Crippen molar-refractivity contribution < 1.29 is 8.42 Å². The van der Waals surface area contributed by atoms with Crippen molar-refractivity contribution in [2.45, 2.75) is 38.6 Å². The van der Waals surface area contributed by atoms with Crippen LogP contribution in [0.5, 0.6) is 0 Å². The fraction of sp³-hybridized carbons (Fsp3) is 0.733. The van der Waals surface area contributed by atoms with Gasteiger partial charge in [-0.1, -0.05) is 20.8 Å². The zero-order chi connectivity index (χ0) is 15.6. The Bertz CT molecular complexity index is 580. The van der Waals surface area contributed by atoms with Crippen LogP contribution in [-0.2, 0) is 23.6 Å². The lowest BCUT2D eigenvalue weighted by molar-refractivity contribution is 0.212. The Hall–Kier alpha value is -0.850. The lowest BCUT2D eigenvalue weighted by atomic mass is 9.90. The molecule has 0 radical (unpaired) electrons. The maximum absolute atomic E-state index is 12.8. The Morgan fingerprint density at radius 2 is 2.05 bits per heavy atom. The number of aryl methyl sites for hydroxylation is 1. The second-order valence-electron chi connectivity index (χ2n) is 6.16. The normalized spacial score (nSPS) is 24.4. The maximum Gasteiger partial charge on any atom is 0.244 e. The van der Waals surface area contributed by atoms with Gasteiger partial charge in [0.2, 0.25) is 10.0 Å². The van der Waals surface area contributed by atoms with Crippen molar-refractivity contribution in [2.75, 3.05) is 19.6 Å². The Morgan fingerprint density at radius 3 is 2.67 bits per heavy atom. The average Bonchev–Trinajstić information content (AvgIpc) is 2.81. The van der Waals surface area contributed by atoms with E-state index in [-0.39, 0.29) is 0 Å². The van der Waals surface area contributed by atoms with Gasteiger partial charge in [0.05, 0.1) is 0 Å². The van der Waals surface area contributed by atoms with Crippen LogP contribution in [-0.4, -0.2) is 36.9 Å². The highest BCUT2D eigenvalue weighted by Gasteiger charge is 2.32. The summed E-state index contributed by atoms with van der Waals surface area (Å²) < 4.78 is 29.1. The van der Waals surface area contributed by atoms with Gasteiger partial charge < -0.3 is 9.88 Å². The Balaban J connectivity index is 2.20. The first-order chi connectivity index (χ1) is 9.86. The van der Waals surface area contributed by atoms with Gasteiger partial charge in [-0.2, -0.15) is 4.31 Å². The highest BCUT2D eigenvalue weighted by molar-refractivity contribution is 7.89. The number of sulfonamides is 1. The number of nitrogens with zero attached hydrogens (tertiary/aromatic N) is 2. The lowest BCUT2D eigenvalue weighted by Gasteiger charge is -2.34. The van der Waals surface area contributed by atoms with E-state index in [9.17, 15) is 8.42 Å². The van der Waals surface area contributed by atoms with Crippen molar-refractivity contribution in [2.24, 2.45) is 18.9 Å². The van der Waals surface area contributed by atoms with Crippen molar-refractivity contribution in [3.8, 4) is 0 Å². The van der Waals surface area contributed by atoms with Gasteiger partial charge in [0, 0.05) is 38.6 Å². The molecule has 2 unspecified atom stereocenters. The highest BCUT2D eigenvalue weighted by Crippen LogP contribution is 2.27. The van der Waals surface area contributed by atoms with Gasteiger partial charge in [-0.25, -0.2) is 8.42 Å². The molecular weight excluding hydrogens is 286 g/mol. The standard InChI is InChI=1S/C15H27N3O2S/c1-5-16-9-14-8-15(11-17(14)4)21(19,20)18-7-6-12(2)13(3)10-18/h8,11-13,16H,5-7,9-10H2,1-4H3. The summed E-state index contributed by atoms with van der Waals surface area (Å²) in [5, 5.41) is 3.23. The van der Waals surface area contributed by atoms with E-state index in [1.54, 1.807) is 16.6 Å². The highest BCUT2D eigenvalue weighted by atomic mass is 32.2. The Morgan fingerprint density at radius 1 is 1.33 bits per heavy atom. The lowest BCUT2D eigenvalue weighted by Crippen LogP contribution is -2.42. The summed E-state index contributed by atoms with van der Waals surface area (Å²) in [5.41, 5.74) is 0.994. The number of hydrogen-bond acceptors (Lipinski definition) is 3. The Kier molecular flexibility index (Phi) is 5.11. The van der Waals surface area contributed by atoms with Crippen LogP contribution >= 0.6 is 0 Å². The minimum absolute atomic E-state index is 0.415. The molecule has 21 heavy (non-hydrogen) atoms. The van der Waals surface area contributed by atoms with Crippen LogP contribution in [0.1, 0.15) is 32.9 Å². The SMILES string of the molecule is CCNCc1cc(S(=O)(=O)N2CCC(C)C(C)C2)cn1C. The molecule has 6 heteroatoms. The van der Waals surface area contributed by atoms with E-state index in [1.807, 2.05) is 18.5 Å². The van der Waals surface area contributed by atoms with Crippen molar-refractivity contribution >= 4 is 10.0 Å². The molecule has 2 atom stereocenters. The van der Waals surface area contributed by atoms with Gasteiger partial charge in [-0.3, -0.25) is 0 Å². The van der Waals surface area contributed by atoms with E-state index >= 15 is 0 Å². The van der Waals surface area contributed by atoms with Crippen LogP contribution in [0.3, 0.4) is 0 Å². The molecule has 2 rings (SSSR count). The molecule has 120 valence electrons. The second-order valence-corrected chi connectivity index (χ2v) is 8.10. The van der Waals surface area contributed by atoms with E-state index in [0.717, 1.165) is 18.7 Å². The van der Waals surface area contributed by atoms with Gasteiger partial charge in [0.1, 0.15) is 4.90 Å². The summed E-state index contributed by atoms with van der Waals surface area (Å²) >= 11 is 0. The monoisotopic (exact) mass is 313 g/mol. The fourth-order valence-electron chi connectivity index (χ4n) is 2.74. The summed E-state index contributed by atoms with van der Waals surface area (Å²) in [6.07, 6.45) is 2.67. The third kappa shape index (κ3) is 3.49. The third-order valence-electron chi connectivity index (χ3n) is 4.57. The Labute approximate surface area is 128 Å². The smallest absolute Gasteiger partial charge is 0.244 e. The van der Waals surface area contributed by atoms with E-state index in [0.29, 0.717) is 36.4 Å². The number of aromatic nitrogens is 1. The zero-order valence-corrected chi connectivity index (χ0v) is 14.3. The van der Waals surface area contributed by atoms with Crippen molar-refractivity contribution in [1.29, 1.82) is 0 Å². The van der Waals surface area contributed by atoms with E-state index < -0.39 is 10.0 Å². The molecule has 1 aromatic rings. The molecule has 1 aliphatic rings. The molecule has 0 saturated carbocycles. The van der Waals surface area contributed by atoms with E-state index in [4.69, 9.17) is 0 Å². The summed E-state index contributed by atoms with van der Waals surface area (Å²) in [4.78, 5) is 0.416. The summed E-state index contributed by atoms with van der Waals surface area (Å²) in [5.74, 6) is 1.01. The second kappa shape index (κ2) is 6.50. The predicted molar refractivity (Wildman–Crippen MR) is 84.5 cm³/mol. The molecule has 5 nitrogen and oxygen atoms in total. The van der Waals surface area contributed by atoms with Crippen LogP contribution in [0, 0.1) is 11.8 Å². The first kappa shape index (κ1) is 16.5. The van der Waals surface area contributed by atoms with Crippen molar-refractivity contribution in [1.82, 2.24) is 14.2 Å². The molecule has 0 amide bonds. The number of hydrogen-bond donors (Lipinski definition) is 1. The minimum atomic E-state index is -3.36. The molecule has 1 saturated heterocycles. The van der Waals surface area contributed by atoms with Crippen LogP contribution < -0.4 is 5.32 Å². The number of rotatable bonds is 5. The van der Waals surface area contributed by atoms with Gasteiger partial charge in [-0.15, -0.1) is 0 Å². The minimum Gasteiger partial charge on any atom is -0.352 e. The average molecular weight is 313 g/mol. The molecule has 1 aliphatic heterocycles. The molecule has 1 fully saturated rings. The number of nitrogens with one attached hydrogen (secondary N) is 1. The van der Waals surface area contributed by atoms with Gasteiger partial charge in [-0.05, 0) is 30.9 Å². The van der Waals surface area contributed by atoms with E-state index in [2.05, 4.69) is 19.2 Å². The molecule has 2 heterocycles. The molecule has 0 aliphatic carbocycles. The van der Waals surface area contributed by atoms with Crippen molar-refractivity contribution in [3.05, 3.63) is 18.0 Å². The molecule has 0 spiro atoms. The third-order valence-corrected chi connectivity index (χ3v) is 6.40. The zero-order valence-electron chi connectivity index (χ0n) is 13.5. The van der Waals surface area contributed by atoms with Gasteiger partial charge in [0.25, 0.3) is 0 Å². The van der Waals surface area contributed by atoms with Crippen LogP contribution in [0.2, 0.25) is 0 Å². The summed E-state index contributed by atoms with van der Waals surface area (Å²) in [7, 11) is -1.46. The van der Waals surface area contributed by atoms with Crippen molar-refractivity contribution in [3.63, 3.8) is 0 Å². The van der Waals surface area contributed by atoms with Gasteiger partial charge in [0.15, 0.2) is 0 Å². The van der Waals surface area contributed by atoms with Gasteiger partial charge >= 0.3 is 0 Å². The van der Waals surface area contributed by atoms with Crippen LogP contribution in [0.25, 0.3) is 0 Å². The topological polar surface area (TPSA) is 54.3 Å². The fourth-order valence-corrected chi connectivity index (χ4v) is 4.39. The molecule has 1 N–H and O–H groups in total. The summed E-state index contributed by atoms with van der Waals surface area (Å²) in [6.45, 7) is 9.19. The maximum atomic E-state index is 12.8. The molecule has 1 aromatic heterocycles. The van der Waals surface area contributed by atoms with E-state index in [1.165, 1.54) is 0 Å². The largest absolute Gasteiger partial charge is 0.352 e. The molecule has 0 aromatic carbocycles. The summed E-state index contributed by atoms with van der Waals surface area (Å²) in [6, 6.07) is 1.79. The quantitative estimate of drug-likeness (QED) is 0.902. The molecule has 0 bridgehead atoms. The molecular formula is C15H27N3O2S. The first-order valence-electron chi connectivity index (χ1n) is 7.72. The first-order valence-corrected chi connectivity index (χ1v) is 9.16.